The summed E-state index contributed by atoms with van der Waals surface area (Å²) in [6.45, 7) is 15.9. The van der Waals surface area contributed by atoms with E-state index in [9.17, 15) is 20.0 Å². The second kappa shape index (κ2) is 16.3. The highest BCUT2D eigenvalue weighted by molar-refractivity contribution is 8.16. The molecule has 2 aromatic rings. The Bertz CT molecular complexity index is 1060. The summed E-state index contributed by atoms with van der Waals surface area (Å²) in [7, 11) is 0. The van der Waals surface area contributed by atoms with Crippen LogP contribution in [-0.4, -0.2) is 32.3 Å². The summed E-state index contributed by atoms with van der Waals surface area (Å²) in [6.07, 6.45) is 11.1. The molecule has 7 nitrogen and oxygen atoms in total. The molecule has 0 atom stereocenters. The number of nitro benzene ring substituents is 1. The van der Waals surface area contributed by atoms with E-state index in [1.54, 1.807) is 9.98 Å². The van der Waals surface area contributed by atoms with E-state index in [4.69, 9.17) is 0 Å². The molecule has 1 heterocycles. The minimum absolute atomic E-state index is 0.0275. The Hall–Kier alpha value is -3.39. The first kappa shape index (κ1) is 29.6. The van der Waals surface area contributed by atoms with Crippen molar-refractivity contribution in [3.63, 3.8) is 0 Å². The molecule has 0 amide bonds. The molecule has 1 N–H and O–H groups in total. The van der Waals surface area contributed by atoms with Crippen LogP contribution in [0.5, 0.6) is 0 Å². The zero-order chi connectivity index (χ0) is 25.4. The molecule has 1 aromatic carbocycles. The van der Waals surface area contributed by atoms with Gasteiger partial charge >= 0.3 is 5.97 Å². The molecule has 1 aromatic heterocycles. The minimum atomic E-state index is -1.17. The molecule has 0 aliphatic rings. The average Bonchev–Trinajstić information content (AvgIpc) is 3.22. The zero-order valence-electron chi connectivity index (χ0n) is 20.1. The SMILES string of the molecule is C=CSC(=NCC(/C=C\C=C/C)=C/C)n1cc(C(=O)O)c2cc([N+](=O)[O-])ccc21.CC.CC. The van der Waals surface area contributed by atoms with Crippen LogP contribution in [0.3, 0.4) is 0 Å². The number of benzene rings is 1. The number of hydrogen-bond acceptors (Lipinski definition) is 5. The maximum atomic E-state index is 11.7. The lowest BCUT2D eigenvalue weighted by Crippen LogP contribution is -2.07. The van der Waals surface area contributed by atoms with E-state index in [1.807, 2.05) is 71.9 Å². The maximum absolute atomic E-state index is 11.7. The van der Waals surface area contributed by atoms with Gasteiger partial charge in [0, 0.05) is 23.7 Å². The highest BCUT2D eigenvalue weighted by atomic mass is 32.2. The predicted molar refractivity (Wildman–Crippen MR) is 141 cm³/mol. The van der Waals surface area contributed by atoms with Gasteiger partial charge in [-0.1, -0.05) is 76.4 Å². The van der Waals surface area contributed by atoms with Gasteiger partial charge in [0.15, 0.2) is 5.17 Å². The van der Waals surface area contributed by atoms with Gasteiger partial charge in [-0.25, -0.2) is 4.79 Å². The van der Waals surface area contributed by atoms with Crippen molar-refractivity contribution >= 4 is 39.5 Å². The fourth-order valence-electron chi connectivity index (χ4n) is 2.59. The second-order valence-electron chi connectivity index (χ2n) is 5.81. The fraction of sp³-hybridized carbons (Fsp3) is 0.280. The van der Waals surface area contributed by atoms with Crippen LogP contribution in [-0.2, 0) is 0 Å². The number of aromatic carboxylic acids is 1. The van der Waals surface area contributed by atoms with Crippen LogP contribution in [0.4, 0.5) is 5.69 Å². The summed E-state index contributed by atoms with van der Waals surface area (Å²) in [5, 5.41) is 23.0. The monoisotopic (exact) mass is 471 g/mol. The quantitative estimate of drug-likeness (QED) is 0.149. The number of rotatable bonds is 7. The molecule has 0 aliphatic carbocycles. The number of carbonyl (C=O) groups is 1. The van der Waals surface area contributed by atoms with Gasteiger partial charge in [-0.2, -0.15) is 0 Å². The minimum Gasteiger partial charge on any atom is -0.478 e. The summed E-state index contributed by atoms with van der Waals surface area (Å²) < 4.78 is 1.62. The number of nitro groups is 1. The maximum Gasteiger partial charge on any atom is 0.337 e. The van der Waals surface area contributed by atoms with Crippen LogP contribution >= 0.6 is 11.8 Å². The second-order valence-corrected chi connectivity index (χ2v) is 6.74. The number of fused-ring (bicyclic) bond motifs is 1. The van der Waals surface area contributed by atoms with Crippen LogP contribution in [0, 0.1) is 10.1 Å². The highest BCUT2D eigenvalue weighted by Gasteiger charge is 2.19. The third-order valence-corrected chi connectivity index (χ3v) is 4.71. The third-order valence-electron chi connectivity index (χ3n) is 4.01. The fourth-order valence-corrected chi connectivity index (χ4v) is 3.15. The predicted octanol–water partition coefficient (Wildman–Crippen LogP) is 7.46. The molecule has 0 aliphatic heterocycles. The molecular formula is C25H33N3O4S. The zero-order valence-corrected chi connectivity index (χ0v) is 20.9. The van der Waals surface area contributed by atoms with Crippen molar-refractivity contribution in [3.05, 3.63) is 88.0 Å². The Morgan fingerprint density at radius 1 is 1.24 bits per heavy atom. The van der Waals surface area contributed by atoms with Crippen molar-refractivity contribution in [1.29, 1.82) is 0 Å². The van der Waals surface area contributed by atoms with Crippen molar-refractivity contribution in [1.82, 2.24) is 4.57 Å². The molecule has 2 rings (SSSR count). The number of aromatic nitrogens is 1. The van der Waals surface area contributed by atoms with Gasteiger partial charge in [-0.05, 0) is 30.9 Å². The van der Waals surface area contributed by atoms with E-state index in [2.05, 4.69) is 11.6 Å². The van der Waals surface area contributed by atoms with Crippen LogP contribution < -0.4 is 0 Å². The summed E-state index contributed by atoms with van der Waals surface area (Å²) >= 11 is 1.25. The van der Waals surface area contributed by atoms with E-state index in [1.165, 1.54) is 36.2 Å². The molecular weight excluding hydrogens is 438 g/mol. The molecule has 178 valence electrons. The molecule has 0 spiro atoms. The van der Waals surface area contributed by atoms with Crippen molar-refractivity contribution in [2.75, 3.05) is 6.54 Å². The Morgan fingerprint density at radius 2 is 1.91 bits per heavy atom. The Kier molecular flexibility index (Phi) is 14.6. The largest absolute Gasteiger partial charge is 0.478 e. The van der Waals surface area contributed by atoms with Gasteiger partial charge in [0.1, 0.15) is 0 Å². The Balaban J connectivity index is 0.00000242. The third kappa shape index (κ3) is 8.57. The summed E-state index contributed by atoms with van der Waals surface area (Å²) in [5.74, 6) is -1.17. The number of carboxylic acids is 1. The molecule has 0 fully saturated rings. The molecule has 0 unspecified atom stereocenters. The van der Waals surface area contributed by atoms with Crippen LogP contribution in [0.2, 0.25) is 0 Å². The topological polar surface area (TPSA) is 97.7 Å². The highest BCUT2D eigenvalue weighted by Crippen LogP contribution is 2.28. The van der Waals surface area contributed by atoms with E-state index in [-0.39, 0.29) is 16.6 Å². The van der Waals surface area contributed by atoms with Crippen molar-refractivity contribution in [2.24, 2.45) is 4.99 Å². The summed E-state index contributed by atoms with van der Waals surface area (Å²) in [6, 6.07) is 4.14. The van der Waals surface area contributed by atoms with Gasteiger partial charge in [-0.3, -0.25) is 19.7 Å². The first-order valence-electron chi connectivity index (χ1n) is 10.7. The summed E-state index contributed by atoms with van der Waals surface area (Å²) in [4.78, 5) is 26.8. The normalized spacial score (nSPS) is 11.7. The number of allylic oxidation sites excluding steroid dienone is 4. The van der Waals surface area contributed by atoms with Crippen LogP contribution in [0.15, 0.2) is 77.3 Å². The lowest BCUT2D eigenvalue weighted by molar-refractivity contribution is -0.384. The molecule has 0 saturated carbocycles. The smallest absolute Gasteiger partial charge is 0.337 e. The Labute approximate surface area is 200 Å². The first-order chi connectivity index (χ1) is 15.9. The molecule has 33 heavy (non-hydrogen) atoms. The van der Waals surface area contributed by atoms with Gasteiger partial charge < -0.3 is 5.11 Å². The standard InChI is InChI=1S/C21H21N3O4S.2C2H6/c1-4-7-8-9-15(5-2)13-22-21(29-6-3)23-14-18(20(25)26)17-12-16(24(27)28)10-11-19(17)23;2*1-2/h4-12,14H,3,13H2,1-2H3,(H,25,26);2*1-2H3/b7-4-,9-8-,15-5+,22-21?;;. The van der Waals surface area contributed by atoms with E-state index < -0.39 is 10.9 Å². The van der Waals surface area contributed by atoms with Crippen LogP contribution in [0.1, 0.15) is 51.9 Å². The summed E-state index contributed by atoms with van der Waals surface area (Å²) in [5.41, 5.74) is 1.31. The van der Waals surface area contributed by atoms with Gasteiger partial charge in [0.2, 0.25) is 0 Å². The van der Waals surface area contributed by atoms with Crippen molar-refractivity contribution < 1.29 is 14.8 Å². The lowest BCUT2D eigenvalue weighted by atomic mass is 10.1. The lowest BCUT2D eigenvalue weighted by Gasteiger charge is -2.07. The molecule has 0 saturated heterocycles. The molecule has 0 radical (unpaired) electrons. The van der Waals surface area contributed by atoms with Gasteiger partial charge in [0.25, 0.3) is 5.69 Å². The van der Waals surface area contributed by atoms with E-state index in [0.29, 0.717) is 17.2 Å². The molecule has 0 bridgehead atoms. The van der Waals surface area contributed by atoms with Crippen molar-refractivity contribution in [3.8, 4) is 0 Å². The molecule has 8 heteroatoms. The number of hydrogen-bond donors (Lipinski definition) is 1. The number of thioether (sulfide) groups is 1. The van der Waals surface area contributed by atoms with E-state index in [0.717, 1.165) is 5.57 Å². The van der Waals surface area contributed by atoms with Crippen LogP contribution in [0.25, 0.3) is 10.9 Å². The van der Waals surface area contributed by atoms with E-state index >= 15 is 0 Å². The Morgan fingerprint density at radius 3 is 2.42 bits per heavy atom. The first-order valence-corrected chi connectivity index (χ1v) is 11.6. The van der Waals surface area contributed by atoms with Gasteiger partial charge in [-0.15, -0.1) is 0 Å². The van der Waals surface area contributed by atoms with Crippen molar-refractivity contribution in [2.45, 2.75) is 41.5 Å². The number of carboxylic acid groups (broad SMARTS) is 1. The van der Waals surface area contributed by atoms with Gasteiger partial charge in [0.05, 0.1) is 22.5 Å². The number of aliphatic imine (C=N–C) groups is 1. The number of nitrogens with zero attached hydrogens (tertiary/aromatic N) is 3. The average molecular weight is 472 g/mol. The number of non-ortho nitro benzene ring substituents is 1.